The van der Waals surface area contributed by atoms with E-state index in [-0.39, 0.29) is 32.7 Å². The Kier molecular flexibility index (Phi) is 47.1. The zero-order valence-corrected chi connectivity index (χ0v) is 34.4. The molecular weight excluding hydrogens is 642 g/mol. The summed E-state index contributed by atoms with van der Waals surface area (Å²) in [7, 11) is 0. The summed E-state index contributed by atoms with van der Waals surface area (Å²) < 4.78 is 0. The average Bonchev–Trinajstić information content (AvgIpc) is 3.04. The largest absolute Gasteiger partial charge is 2.00 e. The van der Waals surface area contributed by atoms with Gasteiger partial charge in [0, 0.05) is 37.0 Å². The van der Waals surface area contributed by atoms with Gasteiger partial charge in [-0.25, -0.2) is 0 Å². The maximum Gasteiger partial charge on any atom is 2.00 e. The molecule has 276 valence electrons. The van der Waals surface area contributed by atoms with Crippen LogP contribution < -0.4 is 10.2 Å². The molecule has 0 amide bonds. The monoisotopic (exact) mass is 719 g/mol. The molecule has 0 aromatic carbocycles. The van der Waals surface area contributed by atoms with Crippen molar-refractivity contribution in [2.45, 2.75) is 219 Å². The van der Waals surface area contributed by atoms with Crippen LogP contribution in [0.4, 0.5) is 0 Å². The number of carboxylic acid groups (broad SMARTS) is 2. The number of hydrogen-bond donors (Lipinski definition) is 2. The fourth-order valence-electron chi connectivity index (χ4n) is 6.24. The molecule has 0 bridgehead atoms. The van der Waals surface area contributed by atoms with Crippen LogP contribution in [0.2, 0.25) is 0 Å². The summed E-state index contributed by atoms with van der Waals surface area (Å²) in [6.45, 7) is 4.40. The summed E-state index contributed by atoms with van der Waals surface area (Å²) in [4.78, 5) is 21.7. The summed E-state index contributed by atoms with van der Waals surface area (Å²) >= 11 is 0. The van der Waals surface area contributed by atoms with Crippen molar-refractivity contribution in [3.8, 4) is 0 Å². The van der Waals surface area contributed by atoms with Gasteiger partial charge in [-0.05, 0) is 25.7 Å². The van der Waals surface area contributed by atoms with E-state index in [1.807, 2.05) is 0 Å². The molecule has 0 aromatic heterocycles. The van der Waals surface area contributed by atoms with E-state index in [9.17, 15) is 19.8 Å². The third kappa shape index (κ3) is 41.6. The number of hydrogen-bond acceptors (Lipinski definition) is 6. The molecular formula is C40H78O6Zn. The van der Waals surface area contributed by atoms with Crippen molar-refractivity contribution in [3.05, 3.63) is 0 Å². The van der Waals surface area contributed by atoms with Crippen LogP contribution in [0.3, 0.4) is 0 Å². The third-order valence-corrected chi connectivity index (χ3v) is 9.43. The summed E-state index contributed by atoms with van der Waals surface area (Å²) in [6.07, 6.45) is 38.6. The molecule has 2 unspecified atom stereocenters. The van der Waals surface area contributed by atoms with Crippen molar-refractivity contribution >= 4 is 11.9 Å². The Morgan fingerprint density at radius 3 is 0.745 bits per heavy atom. The first-order valence-corrected chi connectivity index (χ1v) is 20.1. The van der Waals surface area contributed by atoms with Gasteiger partial charge in [-0.3, -0.25) is 0 Å². The van der Waals surface area contributed by atoms with Crippen molar-refractivity contribution in [2.75, 3.05) is 13.2 Å². The molecule has 0 heterocycles. The van der Waals surface area contributed by atoms with E-state index in [4.69, 9.17) is 10.2 Å². The summed E-state index contributed by atoms with van der Waals surface area (Å²) in [5.74, 6) is -2.93. The molecule has 2 atom stereocenters. The molecule has 0 spiro atoms. The minimum absolute atomic E-state index is 0. The number of aliphatic hydroxyl groups is 2. The molecule has 0 aliphatic rings. The van der Waals surface area contributed by atoms with Gasteiger partial charge in [-0.2, -0.15) is 0 Å². The number of carbonyl (C=O) groups excluding carboxylic acids is 2. The van der Waals surface area contributed by atoms with Crippen LogP contribution in [0, 0.1) is 11.8 Å². The molecule has 47 heavy (non-hydrogen) atoms. The molecule has 0 rings (SSSR count). The predicted molar refractivity (Wildman–Crippen MR) is 190 cm³/mol. The predicted octanol–water partition coefficient (Wildman–Crippen LogP) is 9.21. The van der Waals surface area contributed by atoms with Gasteiger partial charge in [0.2, 0.25) is 0 Å². The first kappa shape index (κ1) is 50.9. The zero-order chi connectivity index (χ0) is 34.4. The van der Waals surface area contributed by atoms with Gasteiger partial charge in [0.05, 0.1) is 0 Å². The molecule has 0 aliphatic heterocycles. The van der Waals surface area contributed by atoms with Crippen molar-refractivity contribution in [1.82, 2.24) is 0 Å². The van der Waals surface area contributed by atoms with E-state index in [1.54, 1.807) is 0 Å². The van der Waals surface area contributed by atoms with E-state index in [0.29, 0.717) is 25.7 Å². The normalized spacial score (nSPS) is 12.2. The van der Waals surface area contributed by atoms with Crippen LogP contribution in [0.25, 0.3) is 0 Å². The standard InChI is InChI=1S/2C20H40O3.Zn/c2*1-2-3-4-5-6-7-8-9-10-11-12-13-14-15-16-19(17-18-21)20(22)23;/h2*19,21H,2-18H2,1H3,(H,22,23);/q;;+2/p-2. The molecule has 0 aliphatic carbocycles. The molecule has 0 aromatic rings. The van der Waals surface area contributed by atoms with Crippen LogP contribution >= 0.6 is 0 Å². The number of carboxylic acids is 2. The van der Waals surface area contributed by atoms with Crippen LogP contribution in [-0.2, 0) is 29.1 Å². The Bertz CT molecular complexity index is 566. The van der Waals surface area contributed by atoms with Crippen LogP contribution in [0.1, 0.15) is 219 Å². The summed E-state index contributed by atoms with van der Waals surface area (Å²) in [5, 5.41) is 39.3. The first-order chi connectivity index (χ1) is 22.4. The molecule has 7 heteroatoms. The second-order valence-corrected chi connectivity index (χ2v) is 13.8. The van der Waals surface area contributed by atoms with Crippen LogP contribution in [-0.4, -0.2) is 35.4 Å². The first-order valence-electron chi connectivity index (χ1n) is 20.1. The summed E-state index contributed by atoms with van der Waals surface area (Å²) in [5.41, 5.74) is 0. The SMILES string of the molecule is CCCCCCCCCCCCCCCCC(CCO)C(=O)[O-].CCCCCCCCCCCCCCCCC(CCO)C(=O)[O-].[Zn+2]. The van der Waals surface area contributed by atoms with Crippen molar-refractivity contribution in [2.24, 2.45) is 11.8 Å². The second-order valence-electron chi connectivity index (χ2n) is 13.8. The number of aliphatic carboxylic acids is 2. The van der Waals surface area contributed by atoms with Crippen molar-refractivity contribution in [3.63, 3.8) is 0 Å². The Hall–Kier alpha value is -0.517. The van der Waals surface area contributed by atoms with E-state index in [0.717, 1.165) is 25.7 Å². The van der Waals surface area contributed by atoms with Crippen molar-refractivity contribution < 1.29 is 49.5 Å². The number of aliphatic hydroxyl groups excluding tert-OH is 2. The molecule has 2 N–H and O–H groups in total. The number of carbonyl (C=O) groups is 2. The zero-order valence-electron chi connectivity index (χ0n) is 31.4. The average molecular weight is 720 g/mol. The van der Waals surface area contributed by atoms with E-state index in [1.165, 1.54) is 154 Å². The topological polar surface area (TPSA) is 121 Å². The van der Waals surface area contributed by atoms with Gasteiger partial charge in [-0.15, -0.1) is 0 Å². The maximum atomic E-state index is 10.8. The molecule has 6 nitrogen and oxygen atoms in total. The fourth-order valence-corrected chi connectivity index (χ4v) is 6.24. The maximum absolute atomic E-state index is 10.8. The Morgan fingerprint density at radius 2 is 0.574 bits per heavy atom. The van der Waals surface area contributed by atoms with E-state index < -0.39 is 23.8 Å². The third-order valence-electron chi connectivity index (χ3n) is 9.43. The molecule has 0 saturated heterocycles. The van der Waals surface area contributed by atoms with Crippen LogP contribution in [0.15, 0.2) is 0 Å². The quantitative estimate of drug-likeness (QED) is 0.0492. The van der Waals surface area contributed by atoms with Gasteiger partial charge in [0.15, 0.2) is 0 Å². The number of unbranched alkanes of at least 4 members (excludes halogenated alkanes) is 26. The molecule has 0 saturated carbocycles. The smallest absolute Gasteiger partial charge is 0.550 e. The van der Waals surface area contributed by atoms with Gasteiger partial charge < -0.3 is 30.0 Å². The molecule has 0 radical (unpaired) electrons. The second kappa shape index (κ2) is 43.5. The Morgan fingerprint density at radius 1 is 0.383 bits per heavy atom. The Labute approximate surface area is 304 Å². The van der Waals surface area contributed by atoms with Gasteiger partial charge in [0.1, 0.15) is 0 Å². The minimum Gasteiger partial charge on any atom is -0.550 e. The fraction of sp³-hybridized carbons (Fsp3) is 0.950. The van der Waals surface area contributed by atoms with Gasteiger partial charge in [-0.1, -0.05) is 194 Å². The van der Waals surface area contributed by atoms with E-state index >= 15 is 0 Å². The minimum atomic E-state index is -1.01. The van der Waals surface area contributed by atoms with Gasteiger partial charge >= 0.3 is 19.5 Å². The van der Waals surface area contributed by atoms with Crippen LogP contribution in [0.5, 0.6) is 0 Å². The van der Waals surface area contributed by atoms with Gasteiger partial charge in [0.25, 0.3) is 0 Å². The molecule has 0 fully saturated rings. The van der Waals surface area contributed by atoms with E-state index in [2.05, 4.69) is 13.8 Å². The Balaban J connectivity index is -0.000000807. The van der Waals surface area contributed by atoms with Crippen molar-refractivity contribution in [1.29, 1.82) is 0 Å². The summed E-state index contributed by atoms with van der Waals surface area (Å²) in [6, 6.07) is 0. The number of rotatable bonds is 36.